The van der Waals surface area contributed by atoms with Crippen LogP contribution >= 0.6 is 0 Å². The van der Waals surface area contributed by atoms with E-state index in [9.17, 15) is 27.9 Å². The van der Waals surface area contributed by atoms with E-state index in [1.54, 1.807) is 61.7 Å². The van der Waals surface area contributed by atoms with E-state index in [-0.39, 0.29) is 32.0 Å². The highest BCUT2D eigenvalue weighted by molar-refractivity contribution is 7.88. The predicted octanol–water partition coefficient (Wildman–Crippen LogP) is 1.26. The van der Waals surface area contributed by atoms with Gasteiger partial charge in [0, 0.05) is 32.2 Å². The zero-order valence-electron chi connectivity index (χ0n) is 26.5. The fraction of sp³-hybridized carbons (Fsp3) is 0.484. The number of aliphatic hydroxyl groups is 1. The normalized spacial score (nSPS) is 12.9. The van der Waals surface area contributed by atoms with Gasteiger partial charge in [-0.15, -0.1) is 0 Å². The van der Waals surface area contributed by atoms with E-state index in [4.69, 9.17) is 20.6 Å². The zero-order chi connectivity index (χ0) is 34.2. The summed E-state index contributed by atoms with van der Waals surface area (Å²) < 4.78 is 38.0. The molecule has 2 unspecified atom stereocenters. The number of aliphatic hydroxyl groups excluding tert-OH is 1. The lowest BCUT2D eigenvalue weighted by Crippen LogP contribution is -2.55. The summed E-state index contributed by atoms with van der Waals surface area (Å²) >= 11 is 0. The van der Waals surface area contributed by atoms with Crippen molar-refractivity contribution < 1.29 is 37.4 Å². The van der Waals surface area contributed by atoms with Crippen molar-refractivity contribution >= 4 is 33.8 Å². The quantitative estimate of drug-likeness (QED) is 0.0615. The number of sulfonamides is 1. The van der Waals surface area contributed by atoms with Gasteiger partial charge in [0.15, 0.2) is 0 Å². The second-order valence-electron chi connectivity index (χ2n) is 11.3. The lowest BCUT2D eigenvalue weighted by Gasteiger charge is -2.22. The maximum atomic E-state index is 13.2. The molecule has 3 amide bonds. The molecule has 254 valence electrons. The molecule has 0 heterocycles. The summed E-state index contributed by atoms with van der Waals surface area (Å²) in [7, 11) is -2.43. The number of benzene rings is 2. The first-order valence-electron chi connectivity index (χ1n) is 14.9. The van der Waals surface area contributed by atoms with Crippen LogP contribution in [0.5, 0.6) is 0 Å². The highest BCUT2D eigenvalue weighted by atomic mass is 32.2. The van der Waals surface area contributed by atoms with E-state index in [0.29, 0.717) is 30.4 Å². The number of alkyl carbamates (subject to hydrolysis) is 1. The molecule has 2 aromatic rings. The number of ether oxygens (including phenoxy) is 2. The number of carbonyl (C=O) groups excluding carboxylic acids is 3. The molecule has 0 aliphatic rings. The van der Waals surface area contributed by atoms with Gasteiger partial charge in [-0.25, -0.2) is 17.9 Å². The number of methoxy groups -OCH3 is 1. The first-order valence-corrected chi connectivity index (χ1v) is 16.5. The number of nitrogens with one attached hydrogen (secondary N) is 5. The van der Waals surface area contributed by atoms with Gasteiger partial charge in [0.1, 0.15) is 17.9 Å². The van der Waals surface area contributed by atoms with Gasteiger partial charge in [-0.05, 0) is 44.2 Å². The molecule has 46 heavy (non-hydrogen) atoms. The Morgan fingerprint density at radius 2 is 1.63 bits per heavy atom. The summed E-state index contributed by atoms with van der Waals surface area (Å²) in [5.41, 5.74) is 6.82. The van der Waals surface area contributed by atoms with Crippen LogP contribution in [0.25, 0.3) is 0 Å². The monoisotopic (exact) mass is 662 g/mol. The summed E-state index contributed by atoms with van der Waals surface area (Å²) in [5.74, 6) is -1.88. The van der Waals surface area contributed by atoms with Gasteiger partial charge in [0.05, 0.1) is 24.6 Å². The molecule has 0 bridgehead atoms. The van der Waals surface area contributed by atoms with Crippen molar-refractivity contribution in [3.63, 3.8) is 0 Å². The fourth-order valence-corrected chi connectivity index (χ4v) is 5.42. The van der Waals surface area contributed by atoms with Crippen molar-refractivity contribution in [1.82, 2.24) is 20.7 Å². The van der Waals surface area contributed by atoms with Crippen LogP contribution in [0.3, 0.4) is 0 Å². The third kappa shape index (κ3) is 14.4. The molecular formula is C31H46N6O8S. The van der Waals surface area contributed by atoms with E-state index in [1.165, 1.54) is 0 Å². The largest absolute Gasteiger partial charge is 0.449 e. The van der Waals surface area contributed by atoms with Crippen molar-refractivity contribution in [3.8, 4) is 0 Å². The first kappa shape index (κ1) is 38.1. The minimum Gasteiger partial charge on any atom is -0.449 e. The number of hydrogen-bond donors (Lipinski definition) is 7. The van der Waals surface area contributed by atoms with Crippen molar-refractivity contribution in [1.29, 1.82) is 5.41 Å². The smallest absolute Gasteiger partial charge is 0.407 e. The summed E-state index contributed by atoms with van der Waals surface area (Å²) in [6.45, 7) is 3.49. The Kier molecular flexibility index (Phi) is 15.6. The van der Waals surface area contributed by atoms with Gasteiger partial charge in [0.25, 0.3) is 0 Å². The average molecular weight is 663 g/mol. The standard InChI is InChI=1S/C31H46N6O8S/c1-31(2,44-3)16-18-45-30(41)34-17-8-7-11-25(28(39)35-19-22-12-14-24(15-13-22)27(32)33)36-29(40)26(20-38)37-46(42,43)21-23-9-5-4-6-10-23/h4-6,9-10,12-15,25-26,37-38H,7-8,11,16-21H2,1-3H3,(H3,32,33)(H,34,41)(H,35,39)(H,36,40). The van der Waals surface area contributed by atoms with Crippen LogP contribution in [0.4, 0.5) is 4.79 Å². The molecule has 0 aliphatic carbocycles. The van der Waals surface area contributed by atoms with E-state index >= 15 is 0 Å². The molecule has 0 saturated carbocycles. The number of hydrogen-bond acceptors (Lipinski definition) is 9. The Bertz CT molecular complexity index is 1390. The molecule has 2 rings (SSSR count). The molecular weight excluding hydrogens is 616 g/mol. The molecule has 8 N–H and O–H groups in total. The Balaban J connectivity index is 1.99. The predicted molar refractivity (Wildman–Crippen MR) is 173 cm³/mol. The van der Waals surface area contributed by atoms with Crippen LogP contribution in [0, 0.1) is 5.41 Å². The molecule has 0 fully saturated rings. The van der Waals surface area contributed by atoms with Crippen molar-refractivity contribution in [2.75, 3.05) is 26.9 Å². The number of rotatable bonds is 20. The van der Waals surface area contributed by atoms with Gasteiger partial charge >= 0.3 is 6.09 Å². The van der Waals surface area contributed by atoms with Crippen LogP contribution in [0.2, 0.25) is 0 Å². The second kappa shape index (κ2) is 18.8. The summed E-state index contributed by atoms with van der Waals surface area (Å²) in [6, 6.07) is 12.5. The van der Waals surface area contributed by atoms with E-state index in [0.717, 1.165) is 5.56 Å². The van der Waals surface area contributed by atoms with Gasteiger partial charge in [-0.1, -0.05) is 54.6 Å². The highest BCUT2D eigenvalue weighted by Crippen LogP contribution is 2.12. The third-order valence-electron chi connectivity index (χ3n) is 7.06. The fourth-order valence-electron chi connectivity index (χ4n) is 4.09. The van der Waals surface area contributed by atoms with Crippen molar-refractivity contribution in [3.05, 3.63) is 71.3 Å². The molecule has 15 heteroatoms. The summed E-state index contributed by atoms with van der Waals surface area (Å²) in [6.07, 6.45) is 0.961. The molecule has 2 atom stereocenters. The number of nitrogens with two attached hydrogens (primary N) is 1. The third-order valence-corrected chi connectivity index (χ3v) is 8.42. The maximum Gasteiger partial charge on any atom is 0.407 e. The average Bonchev–Trinajstić information content (AvgIpc) is 3.02. The number of carbonyl (C=O) groups is 3. The van der Waals surface area contributed by atoms with Crippen molar-refractivity contribution in [2.45, 2.75) is 69.5 Å². The van der Waals surface area contributed by atoms with Crippen LogP contribution in [-0.4, -0.2) is 81.8 Å². The first-order chi connectivity index (χ1) is 21.7. The highest BCUT2D eigenvalue weighted by Gasteiger charge is 2.28. The molecule has 0 aromatic heterocycles. The summed E-state index contributed by atoms with van der Waals surface area (Å²) in [5, 5.41) is 25.3. The van der Waals surface area contributed by atoms with Crippen LogP contribution < -0.4 is 26.4 Å². The lowest BCUT2D eigenvalue weighted by molar-refractivity contribution is -0.130. The van der Waals surface area contributed by atoms with Gasteiger partial charge in [-0.2, -0.15) is 0 Å². The maximum absolute atomic E-state index is 13.2. The Hall–Kier alpha value is -4.05. The van der Waals surface area contributed by atoms with E-state index in [2.05, 4.69) is 20.7 Å². The SMILES string of the molecule is COC(C)(C)CCOC(=O)NCCCCC(NC(=O)C(CO)NS(=O)(=O)Cc1ccccc1)C(=O)NCc1ccc(C(=N)N)cc1. The molecule has 0 aliphatic heterocycles. The molecule has 0 radical (unpaired) electrons. The number of amidine groups is 1. The van der Waals surface area contributed by atoms with Crippen LogP contribution in [-0.2, 0) is 41.4 Å². The Labute approximate surface area is 270 Å². The second-order valence-corrected chi connectivity index (χ2v) is 13.0. The Morgan fingerprint density at radius 1 is 0.957 bits per heavy atom. The summed E-state index contributed by atoms with van der Waals surface area (Å²) in [4.78, 5) is 38.2. The van der Waals surface area contributed by atoms with E-state index < -0.39 is 58.0 Å². The Morgan fingerprint density at radius 3 is 2.24 bits per heavy atom. The number of nitrogen functional groups attached to an aromatic ring is 1. The minimum absolute atomic E-state index is 0.0889. The van der Waals surface area contributed by atoms with Crippen LogP contribution in [0.1, 0.15) is 56.2 Å². The number of unbranched alkanes of at least 4 members (excludes halogenated alkanes) is 1. The van der Waals surface area contributed by atoms with Crippen molar-refractivity contribution in [2.24, 2.45) is 5.73 Å². The van der Waals surface area contributed by atoms with Gasteiger partial charge < -0.3 is 36.3 Å². The van der Waals surface area contributed by atoms with Crippen LogP contribution in [0.15, 0.2) is 54.6 Å². The molecule has 2 aromatic carbocycles. The lowest BCUT2D eigenvalue weighted by atomic mass is 10.1. The molecule has 14 nitrogen and oxygen atoms in total. The van der Waals surface area contributed by atoms with Gasteiger partial charge in [0.2, 0.25) is 21.8 Å². The zero-order valence-corrected chi connectivity index (χ0v) is 27.3. The topological polar surface area (TPSA) is 222 Å². The number of amides is 3. The molecule has 0 saturated heterocycles. The van der Waals surface area contributed by atoms with Gasteiger partial charge in [-0.3, -0.25) is 15.0 Å². The molecule has 0 spiro atoms. The minimum atomic E-state index is -4.01. The van der Waals surface area contributed by atoms with E-state index in [1.807, 2.05) is 13.8 Å².